The van der Waals surface area contributed by atoms with Gasteiger partial charge < -0.3 is 4.74 Å². The van der Waals surface area contributed by atoms with E-state index < -0.39 is 0 Å². The van der Waals surface area contributed by atoms with E-state index in [1.165, 1.54) is 5.56 Å². The summed E-state index contributed by atoms with van der Waals surface area (Å²) in [5.41, 5.74) is 6.26. The molecule has 1 aliphatic heterocycles. The highest BCUT2D eigenvalue weighted by Crippen LogP contribution is 2.30. The third kappa shape index (κ3) is 2.45. The number of nitrogens with one attached hydrogen (secondary N) is 1. The van der Waals surface area contributed by atoms with Gasteiger partial charge in [-0.1, -0.05) is 35.9 Å². The Morgan fingerprint density at radius 3 is 2.79 bits per heavy atom. The average Bonchev–Trinajstić information content (AvgIpc) is 2.87. The Kier molecular flexibility index (Phi) is 3.42. The number of fused-ring (bicyclic) bond motifs is 1. The van der Waals surface area contributed by atoms with Crippen LogP contribution in [0.4, 0.5) is 0 Å². The number of benzene rings is 2. The molecule has 0 fully saturated rings. The van der Waals surface area contributed by atoms with Crippen molar-refractivity contribution in [3.63, 3.8) is 0 Å². The van der Waals surface area contributed by atoms with Crippen molar-refractivity contribution in [2.45, 2.75) is 12.5 Å². The first kappa shape index (κ1) is 12.5. The van der Waals surface area contributed by atoms with E-state index in [1.54, 1.807) is 0 Å². The van der Waals surface area contributed by atoms with Crippen LogP contribution >= 0.6 is 11.6 Å². The molecule has 98 valence electrons. The Morgan fingerprint density at radius 1 is 1.16 bits per heavy atom. The van der Waals surface area contributed by atoms with Crippen LogP contribution in [0.15, 0.2) is 42.5 Å². The smallest absolute Gasteiger partial charge is 0.122 e. The largest absolute Gasteiger partial charge is 0.493 e. The zero-order chi connectivity index (χ0) is 13.2. The maximum absolute atomic E-state index is 6.04. The molecule has 4 heteroatoms. The molecule has 3 nitrogen and oxygen atoms in total. The molecule has 0 radical (unpaired) electrons. The number of halogens is 1. The van der Waals surface area contributed by atoms with E-state index in [4.69, 9.17) is 22.2 Å². The van der Waals surface area contributed by atoms with Crippen LogP contribution in [0.3, 0.4) is 0 Å². The summed E-state index contributed by atoms with van der Waals surface area (Å²) in [4.78, 5) is 0. The van der Waals surface area contributed by atoms with Gasteiger partial charge in [0.2, 0.25) is 0 Å². The molecule has 0 bridgehead atoms. The van der Waals surface area contributed by atoms with Crippen molar-refractivity contribution >= 4 is 11.6 Å². The molecule has 0 saturated heterocycles. The van der Waals surface area contributed by atoms with Crippen molar-refractivity contribution in [2.24, 2.45) is 5.84 Å². The third-order valence-corrected chi connectivity index (χ3v) is 3.63. The second kappa shape index (κ2) is 5.21. The molecule has 19 heavy (non-hydrogen) atoms. The minimum absolute atomic E-state index is 0.0652. The summed E-state index contributed by atoms with van der Waals surface area (Å²) in [5.74, 6) is 6.69. The molecule has 3 N–H and O–H groups in total. The highest BCUT2D eigenvalue weighted by molar-refractivity contribution is 6.30. The number of hydrogen-bond donors (Lipinski definition) is 2. The van der Waals surface area contributed by atoms with E-state index in [0.29, 0.717) is 5.02 Å². The van der Waals surface area contributed by atoms with Gasteiger partial charge in [0.05, 0.1) is 12.6 Å². The van der Waals surface area contributed by atoms with Gasteiger partial charge in [0.1, 0.15) is 5.75 Å². The van der Waals surface area contributed by atoms with Crippen LogP contribution in [-0.2, 0) is 6.42 Å². The molecule has 1 unspecified atom stereocenters. The molecule has 0 aromatic heterocycles. The molecule has 0 saturated carbocycles. The van der Waals surface area contributed by atoms with Gasteiger partial charge in [-0.25, -0.2) is 5.43 Å². The summed E-state index contributed by atoms with van der Waals surface area (Å²) >= 11 is 6.04. The van der Waals surface area contributed by atoms with Crippen molar-refractivity contribution in [2.75, 3.05) is 6.61 Å². The second-order valence-electron chi connectivity index (χ2n) is 4.62. The minimum atomic E-state index is -0.0652. The van der Waals surface area contributed by atoms with Gasteiger partial charge in [0.15, 0.2) is 0 Å². The first-order chi connectivity index (χ1) is 9.28. The maximum Gasteiger partial charge on any atom is 0.122 e. The summed E-state index contributed by atoms with van der Waals surface area (Å²) in [5, 5.41) is 0.710. The molecule has 0 spiro atoms. The number of hydrogen-bond acceptors (Lipinski definition) is 3. The van der Waals surface area contributed by atoms with Crippen molar-refractivity contribution < 1.29 is 4.74 Å². The summed E-state index contributed by atoms with van der Waals surface area (Å²) < 4.78 is 5.52. The lowest BCUT2D eigenvalue weighted by Gasteiger charge is -2.18. The lowest BCUT2D eigenvalue weighted by Crippen LogP contribution is -2.28. The molecular weight excluding hydrogens is 260 g/mol. The molecular formula is C15H15ClN2O. The summed E-state index contributed by atoms with van der Waals surface area (Å²) in [7, 11) is 0. The molecule has 2 aromatic carbocycles. The quantitative estimate of drug-likeness (QED) is 0.668. The van der Waals surface area contributed by atoms with Crippen LogP contribution in [0.5, 0.6) is 5.75 Å². The van der Waals surface area contributed by atoms with E-state index in [-0.39, 0.29) is 6.04 Å². The highest BCUT2D eigenvalue weighted by Gasteiger charge is 2.17. The molecule has 3 rings (SSSR count). The van der Waals surface area contributed by atoms with Crippen LogP contribution in [-0.4, -0.2) is 6.61 Å². The van der Waals surface area contributed by atoms with Crippen LogP contribution in [0.2, 0.25) is 5.02 Å². The molecule has 0 amide bonds. The predicted octanol–water partition coefficient (Wildman–Crippen LogP) is 2.83. The number of hydrazine groups is 1. The summed E-state index contributed by atoms with van der Waals surface area (Å²) in [6.45, 7) is 0.761. The third-order valence-electron chi connectivity index (χ3n) is 3.40. The van der Waals surface area contributed by atoms with Gasteiger partial charge >= 0.3 is 0 Å². The Balaban J connectivity index is 1.98. The van der Waals surface area contributed by atoms with Crippen molar-refractivity contribution in [1.29, 1.82) is 0 Å². The Morgan fingerprint density at radius 2 is 2.00 bits per heavy atom. The normalized spacial score (nSPS) is 14.8. The Hall–Kier alpha value is -1.55. The lowest BCUT2D eigenvalue weighted by atomic mass is 9.97. The van der Waals surface area contributed by atoms with Gasteiger partial charge in [-0.05, 0) is 34.9 Å². The molecule has 2 aromatic rings. The zero-order valence-corrected chi connectivity index (χ0v) is 11.2. The number of ether oxygens (including phenoxy) is 1. The van der Waals surface area contributed by atoms with Gasteiger partial charge in [-0.2, -0.15) is 0 Å². The van der Waals surface area contributed by atoms with E-state index in [0.717, 1.165) is 29.9 Å². The van der Waals surface area contributed by atoms with E-state index in [2.05, 4.69) is 11.5 Å². The molecule has 1 atom stereocenters. The SMILES string of the molecule is NNC(c1cccc(Cl)c1)c1ccc2c(c1)CCO2. The van der Waals surface area contributed by atoms with Gasteiger partial charge in [-0.3, -0.25) is 5.84 Å². The minimum Gasteiger partial charge on any atom is -0.493 e. The fourth-order valence-corrected chi connectivity index (χ4v) is 2.66. The van der Waals surface area contributed by atoms with Crippen LogP contribution < -0.4 is 16.0 Å². The second-order valence-corrected chi connectivity index (χ2v) is 5.06. The number of rotatable bonds is 3. The molecule has 0 aliphatic carbocycles. The first-order valence-electron chi connectivity index (χ1n) is 6.25. The Labute approximate surface area is 117 Å². The van der Waals surface area contributed by atoms with E-state index in [9.17, 15) is 0 Å². The van der Waals surface area contributed by atoms with Gasteiger partial charge in [-0.15, -0.1) is 0 Å². The fraction of sp³-hybridized carbons (Fsp3) is 0.200. The number of nitrogens with two attached hydrogens (primary N) is 1. The zero-order valence-electron chi connectivity index (χ0n) is 10.4. The maximum atomic E-state index is 6.04. The van der Waals surface area contributed by atoms with Crippen molar-refractivity contribution in [3.8, 4) is 5.75 Å². The van der Waals surface area contributed by atoms with Crippen molar-refractivity contribution in [3.05, 3.63) is 64.2 Å². The van der Waals surface area contributed by atoms with Crippen LogP contribution in [0, 0.1) is 0 Å². The first-order valence-corrected chi connectivity index (χ1v) is 6.63. The Bertz CT molecular complexity index is 600. The standard InChI is InChI=1S/C15H15ClN2O/c16-13-3-1-2-11(9-13)15(18-17)12-4-5-14-10(8-12)6-7-19-14/h1-5,8-9,15,18H,6-7,17H2. The predicted molar refractivity (Wildman–Crippen MR) is 76.3 cm³/mol. The van der Waals surface area contributed by atoms with Gasteiger partial charge in [0.25, 0.3) is 0 Å². The highest BCUT2D eigenvalue weighted by atomic mass is 35.5. The van der Waals surface area contributed by atoms with Crippen LogP contribution in [0.25, 0.3) is 0 Å². The average molecular weight is 275 g/mol. The van der Waals surface area contributed by atoms with E-state index >= 15 is 0 Å². The molecule has 1 aliphatic rings. The van der Waals surface area contributed by atoms with E-state index in [1.807, 2.05) is 36.4 Å². The van der Waals surface area contributed by atoms with Crippen LogP contribution in [0.1, 0.15) is 22.7 Å². The summed E-state index contributed by atoms with van der Waals surface area (Å²) in [6.07, 6.45) is 0.954. The molecule has 1 heterocycles. The monoisotopic (exact) mass is 274 g/mol. The topological polar surface area (TPSA) is 47.3 Å². The lowest BCUT2D eigenvalue weighted by molar-refractivity contribution is 0.357. The van der Waals surface area contributed by atoms with Gasteiger partial charge in [0, 0.05) is 11.4 Å². The van der Waals surface area contributed by atoms with Crippen molar-refractivity contribution in [1.82, 2.24) is 5.43 Å². The summed E-state index contributed by atoms with van der Waals surface area (Å²) in [6, 6.07) is 13.9. The fourth-order valence-electron chi connectivity index (χ4n) is 2.46.